The van der Waals surface area contributed by atoms with Gasteiger partial charge in [-0.15, -0.1) is 11.3 Å². The third-order valence-electron chi connectivity index (χ3n) is 3.42. The van der Waals surface area contributed by atoms with Crippen molar-refractivity contribution in [1.82, 2.24) is 19.5 Å². The third kappa shape index (κ3) is 1.96. The first-order valence-electron chi connectivity index (χ1n) is 6.60. The second kappa shape index (κ2) is 4.86. The number of fused-ring (bicyclic) bond motifs is 1. The van der Waals surface area contributed by atoms with Crippen molar-refractivity contribution in [3.63, 3.8) is 0 Å². The molecule has 0 radical (unpaired) electrons. The number of hydrogen-bond acceptors (Lipinski definition) is 5. The molecule has 5 nitrogen and oxygen atoms in total. The first kappa shape index (κ1) is 13.1. The molecule has 20 heavy (non-hydrogen) atoms. The smallest absolute Gasteiger partial charge is 0.181 e. The molecule has 0 aliphatic heterocycles. The lowest BCUT2D eigenvalue weighted by atomic mass is 10.2. The van der Waals surface area contributed by atoms with Gasteiger partial charge >= 0.3 is 0 Å². The molecule has 0 amide bonds. The molecule has 3 aromatic rings. The van der Waals surface area contributed by atoms with Crippen molar-refractivity contribution in [3.8, 4) is 11.5 Å². The molecule has 3 heterocycles. The number of aromatic nitrogens is 4. The summed E-state index contributed by atoms with van der Waals surface area (Å²) in [7, 11) is 1.95. The highest BCUT2D eigenvalue weighted by Gasteiger charge is 2.16. The molecular formula is C14H17N5S. The molecule has 0 atom stereocenters. The Labute approximate surface area is 121 Å². The van der Waals surface area contributed by atoms with Gasteiger partial charge < -0.3 is 9.88 Å². The Morgan fingerprint density at radius 3 is 2.75 bits per heavy atom. The minimum Gasteiger partial charge on any atom is -0.370 e. The highest BCUT2D eigenvalue weighted by Crippen LogP contribution is 2.34. The number of rotatable bonds is 3. The summed E-state index contributed by atoms with van der Waals surface area (Å²) in [6.07, 6.45) is 3.56. The first-order valence-corrected chi connectivity index (χ1v) is 7.41. The van der Waals surface area contributed by atoms with E-state index in [1.165, 1.54) is 10.4 Å². The Morgan fingerprint density at radius 2 is 2.10 bits per heavy atom. The zero-order valence-electron chi connectivity index (χ0n) is 12.1. The highest BCUT2D eigenvalue weighted by atomic mass is 32.1. The molecule has 0 saturated heterocycles. The Morgan fingerprint density at radius 1 is 1.30 bits per heavy atom. The number of aryl methyl sites for hydroxylation is 3. The predicted molar refractivity (Wildman–Crippen MR) is 83.3 cm³/mol. The molecule has 0 unspecified atom stereocenters. The van der Waals surface area contributed by atoms with E-state index in [0.717, 1.165) is 34.1 Å². The molecule has 6 heteroatoms. The lowest BCUT2D eigenvalue weighted by Crippen LogP contribution is -2.03. The molecule has 0 aliphatic carbocycles. The number of thiophene rings is 1. The largest absolute Gasteiger partial charge is 0.370 e. The van der Waals surface area contributed by atoms with Crippen LogP contribution in [0.4, 0.5) is 5.82 Å². The molecule has 3 rings (SSSR count). The maximum Gasteiger partial charge on any atom is 0.181 e. The van der Waals surface area contributed by atoms with E-state index in [1.807, 2.05) is 11.6 Å². The van der Waals surface area contributed by atoms with Crippen molar-refractivity contribution >= 4 is 27.4 Å². The van der Waals surface area contributed by atoms with E-state index in [9.17, 15) is 0 Å². The fraction of sp³-hybridized carbons (Fsp3) is 0.357. The third-order valence-corrected chi connectivity index (χ3v) is 4.52. The number of anilines is 1. The van der Waals surface area contributed by atoms with E-state index in [0.29, 0.717) is 0 Å². The van der Waals surface area contributed by atoms with Crippen molar-refractivity contribution in [1.29, 1.82) is 0 Å². The van der Waals surface area contributed by atoms with Crippen molar-refractivity contribution in [2.45, 2.75) is 20.8 Å². The van der Waals surface area contributed by atoms with Crippen molar-refractivity contribution in [3.05, 3.63) is 23.0 Å². The van der Waals surface area contributed by atoms with Gasteiger partial charge in [-0.05, 0) is 26.3 Å². The summed E-state index contributed by atoms with van der Waals surface area (Å²) in [6.45, 7) is 7.17. The van der Waals surface area contributed by atoms with Gasteiger partial charge in [0.1, 0.15) is 16.3 Å². The maximum atomic E-state index is 4.71. The minimum atomic E-state index is 0.717. The zero-order valence-corrected chi connectivity index (χ0v) is 12.9. The summed E-state index contributed by atoms with van der Waals surface area (Å²) in [4.78, 5) is 15.9. The van der Waals surface area contributed by atoms with Crippen LogP contribution in [-0.2, 0) is 7.05 Å². The van der Waals surface area contributed by atoms with E-state index in [1.54, 1.807) is 23.9 Å². The summed E-state index contributed by atoms with van der Waals surface area (Å²) in [6, 6.07) is 0. The molecule has 0 fully saturated rings. The monoisotopic (exact) mass is 287 g/mol. The van der Waals surface area contributed by atoms with E-state index in [4.69, 9.17) is 9.97 Å². The lowest BCUT2D eigenvalue weighted by molar-refractivity contribution is 0.910. The van der Waals surface area contributed by atoms with Crippen molar-refractivity contribution in [2.75, 3.05) is 11.9 Å². The number of nitrogens with one attached hydrogen (secondary N) is 1. The van der Waals surface area contributed by atoms with E-state index in [-0.39, 0.29) is 0 Å². The number of nitrogens with zero attached hydrogens (tertiary/aromatic N) is 4. The van der Waals surface area contributed by atoms with E-state index < -0.39 is 0 Å². The van der Waals surface area contributed by atoms with Gasteiger partial charge in [0.05, 0.1) is 17.9 Å². The van der Waals surface area contributed by atoms with Crippen LogP contribution >= 0.6 is 11.3 Å². The first-order chi connectivity index (χ1) is 9.61. The van der Waals surface area contributed by atoms with E-state index in [2.05, 4.69) is 31.1 Å². The Kier molecular flexibility index (Phi) is 3.17. The predicted octanol–water partition coefficient (Wildman–Crippen LogP) is 3.14. The summed E-state index contributed by atoms with van der Waals surface area (Å²) in [5, 5.41) is 4.49. The van der Waals surface area contributed by atoms with Gasteiger partial charge in [-0.3, -0.25) is 0 Å². The highest BCUT2D eigenvalue weighted by molar-refractivity contribution is 7.18. The Balaban J connectivity index is 2.28. The fourth-order valence-electron chi connectivity index (χ4n) is 2.23. The Bertz CT molecular complexity index is 771. The quantitative estimate of drug-likeness (QED) is 0.804. The molecule has 0 saturated carbocycles. The van der Waals surface area contributed by atoms with Gasteiger partial charge in [0.25, 0.3) is 0 Å². The van der Waals surface area contributed by atoms with Crippen LogP contribution in [0.2, 0.25) is 0 Å². The summed E-state index contributed by atoms with van der Waals surface area (Å²) in [5.41, 5.74) is 2.19. The number of hydrogen-bond donors (Lipinski definition) is 1. The minimum absolute atomic E-state index is 0.717. The van der Waals surface area contributed by atoms with Crippen LogP contribution in [0, 0.1) is 13.8 Å². The standard InChI is InChI=1S/C14H17N5S/c1-5-16-13-11-8(2)9(3)20-14(11)18-12(17-13)10-6-15-7-19(10)4/h6-7H,5H2,1-4H3,(H,16,17,18). The van der Waals surface area contributed by atoms with Crippen LogP contribution in [-0.4, -0.2) is 26.1 Å². The van der Waals surface area contributed by atoms with Crippen LogP contribution in [0.5, 0.6) is 0 Å². The van der Waals surface area contributed by atoms with Crippen LogP contribution in [0.1, 0.15) is 17.4 Å². The molecule has 0 aliphatic rings. The molecular weight excluding hydrogens is 270 g/mol. The molecule has 0 bridgehead atoms. The van der Waals surface area contributed by atoms with Crippen LogP contribution in [0.15, 0.2) is 12.5 Å². The molecule has 3 aromatic heterocycles. The van der Waals surface area contributed by atoms with Crippen LogP contribution < -0.4 is 5.32 Å². The van der Waals surface area contributed by atoms with Crippen LogP contribution in [0.3, 0.4) is 0 Å². The summed E-state index contributed by atoms with van der Waals surface area (Å²) >= 11 is 1.72. The molecule has 104 valence electrons. The second-order valence-corrected chi connectivity index (χ2v) is 5.98. The van der Waals surface area contributed by atoms with Gasteiger partial charge in [0.15, 0.2) is 5.82 Å². The average molecular weight is 287 g/mol. The fourth-order valence-corrected chi connectivity index (χ4v) is 3.26. The average Bonchev–Trinajstić information content (AvgIpc) is 2.95. The van der Waals surface area contributed by atoms with Gasteiger partial charge in [-0.2, -0.15) is 0 Å². The van der Waals surface area contributed by atoms with Gasteiger partial charge in [0.2, 0.25) is 0 Å². The molecule has 0 spiro atoms. The van der Waals surface area contributed by atoms with Crippen molar-refractivity contribution < 1.29 is 0 Å². The topological polar surface area (TPSA) is 55.6 Å². The van der Waals surface area contributed by atoms with Crippen LogP contribution in [0.25, 0.3) is 21.7 Å². The zero-order chi connectivity index (χ0) is 14.3. The molecule has 0 aromatic carbocycles. The SMILES string of the molecule is CCNc1nc(-c2cncn2C)nc2sc(C)c(C)c12. The van der Waals surface area contributed by atoms with Gasteiger partial charge in [-0.1, -0.05) is 0 Å². The summed E-state index contributed by atoms with van der Waals surface area (Å²) in [5.74, 6) is 1.63. The van der Waals surface area contributed by atoms with Gasteiger partial charge in [-0.25, -0.2) is 15.0 Å². The second-order valence-electron chi connectivity index (χ2n) is 4.78. The maximum absolute atomic E-state index is 4.71. The van der Waals surface area contributed by atoms with E-state index >= 15 is 0 Å². The lowest BCUT2D eigenvalue weighted by Gasteiger charge is -2.08. The number of imidazole rings is 1. The molecule has 1 N–H and O–H groups in total. The summed E-state index contributed by atoms with van der Waals surface area (Å²) < 4.78 is 1.93. The normalized spacial score (nSPS) is 11.2. The van der Waals surface area contributed by atoms with Crippen molar-refractivity contribution in [2.24, 2.45) is 7.05 Å². The van der Waals surface area contributed by atoms with Gasteiger partial charge in [0, 0.05) is 18.5 Å². The Hall–Kier alpha value is -1.95.